The number of nitrogens with zero attached hydrogens (tertiary/aromatic N) is 2. The molecule has 0 radical (unpaired) electrons. The largest absolute Gasteiger partial charge is 0.484 e. The number of carbonyl (C=O) groups is 1. The monoisotopic (exact) mass is 445 g/mol. The molecule has 166 valence electrons. The van der Waals surface area contributed by atoms with Gasteiger partial charge in [-0.25, -0.2) is 8.42 Å². The molecule has 2 aromatic carbocycles. The van der Waals surface area contributed by atoms with E-state index in [1.165, 1.54) is 16.4 Å². The van der Waals surface area contributed by atoms with Crippen molar-refractivity contribution in [2.24, 2.45) is 0 Å². The maximum atomic E-state index is 13.0. The van der Waals surface area contributed by atoms with Gasteiger partial charge in [-0.15, -0.1) is 0 Å². The summed E-state index contributed by atoms with van der Waals surface area (Å²) in [5.74, 6) is 0.239. The van der Waals surface area contributed by atoms with Gasteiger partial charge in [-0.05, 0) is 42.3 Å². The summed E-state index contributed by atoms with van der Waals surface area (Å²) in [6.07, 6.45) is 0.706. The third-order valence-electron chi connectivity index (χ3n) is 5.48. The van der Waals surface area contributed by atoms with Crippen LogP contribution in [0.15, 0.2) is 53.4 Å². The molecule has 0 aliphatic carbocycles. The highest BCUT2D eigenvalue weighted by Crippen LogP contribution is 2.32. The van der Waals surface area contributed by atoms with E-state index in [1.54, 1.807) is 12.1 Å². The van der Waals surface area contributed by atoms with E-state index < -0.39 is 10.0 Å². The van der Waals surface area contributed by atoms with Crippen LogP contribution in [0.25, 0.3) is 0 Å². The van der Waals surface area contributed by atoms with Crippen molar-refractivity contribution in [3.05, 3.63) is 54.1 Å². The highest BCUT2D eigenvalue weighted by atomic mass is 32.2. The van der Waals surface area contributed by atoms with Crippen molar-refractivity contribution in [3.63, 3.8) is 0 Å². The Morgan fingerprint density at radius 1 is 1.03 bits per heavy atom. The fourth-order valence-electron chi connectivity index (χ4n) is 3.77. The minimum atomic E-state index is -3.64. The molecule has 2 heterocycles. The molecule has 1 amide bonds. The second kappa shape index (κ2) is 9.67. The van der Waals surface area contributed by atoms with Gasteiger partial charge in [-0.2, -0.15) is 0 Å². The number of para-hydroxylation sites is 1. The summed E-state index contributed by atoms with van der Waals surface area (Å²) in [6.45, 7) is 4.87. The van der Waals surface area contributed by atoms with Crippen molar-refractivity contribution in [1.29, 1.82) is 0 Å². The van der Waals surface area contributed by atoms with Crippen molar-refractivity contribution >= 4 is 21.6 Å². The van der Waals surface area contributed by atoms with Crippen molar-refractivity contribution in [2.45, 2.75) is 11.3 Å². The van der Waals surface area contributed by atoms with E-state index in [4.69, 9.17) is 9.47 Å². The maximum Gasteiger partial charge on any atom is 0.264 e. The number of rotatable bonds is 8. The zero-order valence-electron chi connectivity index (χ0n) is 17.3. The van der Waals surface area contributed by atoms with Gasteiger partial charge in [0.2, 0.25) is 0 Å². The lowest BCUT2D eigenvalue weighted by Crippen LogP contribution is -2.42. The van der Waals surface area contributed by atoms with Crippen LogP contribution in [0.5, 0.6) is 5.75 Å². The molecule has 0 spiro atoms. The second-order valence-electron chi connectivity index (χ2n) is 7.52. The first-order valence-corrected chi connectivity index (χ1v) is 11.9. The van der Waals surface area contributed by atoms with Gasteiger partial charge in [0.05, 0.1) is 23.8 Å². The lowest BCUT2D eigenvalue weighted by Gasteiger charge is -2.26. The van der Waals surface area contributed by atoms with Gasteiger partial charge in [0.25, 0.3) is 15.9 Å². The fourth-order valence-corrected chi connectivity index (χ4v) is 5.27. The summed E-state index contributed by atoms with van der Waals surface area (Å²) >= 11 is 0. The molecule has 1 saturated heterocycles. The van der Waals surface area contributed by atoms with Crippen molar-refractivity contribution < 1.29 is 22.7 Å². The van der Waals surface area contributed by atoms with Crippen LogP contribution in [0.1, 0.15) is 5.56 Å². The van der Waals surface area contributed by atoms with Gasteiger partial charge in [-0.1, -0.05) is 18.2 Å². The van der Waals surface area contributed by atoms with Crippen LogP contribution in [0.3, 0.4) is 0 Å². The first-order chi connectivity index (χ1) is 15.0. The SMILES string of the molecule is O=C(COc1ccc(S(=O)(=O)N2CCc3ccccc32)cc1)NCCN1CCOCC1. The van der Waals surface area contributed by atoms with Gasteiger partial charge in [0.15, 0.2) is 6.61 Å². The summed E-state index contributed by atoms with van der Waals surface area (Å²) in [4.78, 5) is 14.4. The number of fused-ring (bicyclic) bond motifs is 1. The molecule has 9 heteroatoms. The first kappa shape index (κ1) is 21.6. The molecule has 0 saturated carbocycles. The molecular formula is C22H27N3O5S. The Bertz CT molecular complexity index is 1000. The van der Waals surface area contributed by atoms with Gasteiger partial charge in [-0.3, -0.25) is 14.0 Å². The molecule has 0 unspecified atom stereocenters. The fraction of sp³-hybridized carbons (Fsp3) is 0.409. The number of morpholine rings is 1. The molecule has 0 atom stereocenters. The molecule has 1 fully saturated rings. The normalized spacial score (nSPS) is 16.7. The van der Waals surface area contributed by atoms with Gasteiger partial charge in [0.1, 0.15) is 5.75 Å². The maximum absolute atomic E-state index is 13.0. The third kappa shape index (κ3) is 5.17. The zero-order valence-corrected chi connectivity index (χ0v) is 18.1. The molecule has 2 aliphatic rings. The van der Waals surface area contributed by atoms with Crippen LogP contribution in [0, 0.1) is 0 Å². The van der Waals surface area contributed by atoms with E-state index in [0.717, 1.165) is 44.1 Å². The molecule has 0 aromatic heterocycles. The minimum absolute atomic E-state index is 0.116. The van der Waals surface area contributed by atoms with Gasteiger partial charge < -0.3 is 14.8 Å². The van der Waals surface area contributed by atoms with Crippen LogP contribution in [-0.2, 0) is 26.0 Å². The van der Waals surface area contributed by atoms with Crippen LogP contribution >= 0.6 is 0 Å². The van der Waals surface area contributed by atoms with Crippen LogP contribution in [-0.4, -0.2) is 71.8 Å². The Kier molecular flexibility index (Phi) is 6.74. The Morgan fingerprint density at radius 3 is 2.55 bits per heavy atom. The molecule has 8 nitrogen and oxygen atoms in total. The number of ether oxygens (including phenoxy) is 2. The van der Waals surface area contributed by atoms with Gasteiger partial charge >= 0.3 is 0 Å². The summed E-state index contributed by atoms with van der Waals surface area (Å²) < 4.78 is 38.3. The average molecular weight is 446 g/mol. The number of sulfonamides is 1. The standard InChI is InChI=1S/C22H27N3O5S/c26-22(23-10-12-24-13-15-29-16-14-24)17-30-19-5-7-20(8-6-19)31(27,28)25-11-9-18-3-1-2-4-21(18)25/h1-8H,9-17H2,(H,23,26). The Morgan fingerprint density at radius 2 is 1.77 bits per heavy atom. The van der Waals surface area contributed by atoms with Gasteiger partial charge in [0, 0.05) is 32.7 Å². The van der Waals surface area contributed by atoms with Crippen LogP contribution in [0.2, 0.25) is 0 Å². The molecule has 2 aromatic rings. The second-order valence-corrected chi connectivity index (χ2v) is 9.38. The predicted octanol–water partition coefficient (Wildman–Crippen LogP) is 1.27. The van der Waals surface area contributed by atoms with E-state index >= 15 is 0 Å². The third-order valence-corrected chi connectivity index (χ3v) is 7.31. The topological polar surface area (TPSA) is 88.2 Å². The van der Waals surface area contributed by atoms with E-state index in [9.17, 15) is 13.2 Å². The molecule has 0 bridgehead atoms. The lowest BCUT2D eigenvalue weighted by molar-refractivity contribution is -0.123. The smallest absolute Gasteiger partial charge is 0.264 e. The zero-order chi connectivity index (χ0) is 21.7. The predicted molar refractivity (Wildman–Crippen MR) is 117 cm³/mol. The number of anilines is 1. The van der Waals surface area contributed by atoms with Crippen LogP contribution in [0.4, 0.5) is 5.69 Å². The minimum Gasteiger partial charge on any atom is -0.484 e. The number of benzene rings is 2. The van der Waals surface area contributed by atoms with E-state index in [-0.39, 0.29) is 17.4 Å². The average Bonchev–Trinajstić information content (AvgIpc) is 3.24. The Labute approximate surface area is 182 Å². The highest BCUT2D eigenvalue weighted by Gasteiger charge is 2.30. The van der Waals surface area contributed by atoms with Crippen molar-refractivity contribution in [2.75, 3.05) is 56.8 Å². The number of carbonyl (C=O) groups excluding carboxylic acids is 1. The summed E-state index contributed by atoms with van der Waals surface area (Å²) in [5.41, 5.74) is 1.77. The molecule has 1 N–H and O–H groups in total. The summed E-state index contributed by atoms with van der Waals surface area (Å²) in [6, 6.07) is 13.7. The number of nitrogens with one attached hydrogen (secondary N) is 1. The number of hydrogen-bond donors (Lipinski definition) is 1. The first-order valence-electron chi connectivity index (χ1n) is 10.4. The van der Waals surface area contributed by atoms with E-state index in [1.807, 2.05) is 24.3 Å². The Balaban J connectivity index is 1.28. The molecular weight excluding hydrogens is 418 g/mol. The van der Waals surface area contributed by atoms with Crippen molar-refractivity contribution in [1.82, 2.24) is 10.2 Å². The molecule has 2 aliphatic heterocycles. The summed E-state index contributed by atoms with van der Waals surface area (Å²) in [5, 5.41) is 2.83. The number of hydrogen-bond acceptors (Lipinski definition) is 6. The molecule has 31 heavy (non-hydrogen) atoms. The van der Waals surface area contributed by atoms with Crippen LogP contribution < -0.4 is 14.4 Å². The highest BCUT2D eigenvalue weighted by molar-refractivity contribution is 7.92. The van der Waals surface area contributed by atoms with E-state index in [0.29, 0.717) is 25.3 Å². The number of amides is 1. The van der Waals surface area contributed by atoms with E-state index in [2.05, 4.69) is 10.2 Å². The lowest BCUT2D eigenvalue weighted by atomic mass is 10.2. The van der Waals surface area contributed by atoms with Crippen molar-refractivity contribution in [3.8, 4) is 5.75 Å². The Hall–Kier alpha value is -2.62. The quantitative estimate of drug-likeness (QED) is 0.658. The summed E-state index contributed by atoms with van der Waals surface area (Å²) in [7, 11) is -3.64. The molecule has 4 rings (SSSR count).